The third kappa shape index (κ3) is 1.79. The molecule has 3 rings (SSSR count). The molecule has 5 nitrogen and oxygen atoms in total. The van der Waals surface area contributed by atoms with E-state index < -0.39 is 23.5 Å². The third-order valence-electron chi connectivity index (χ3n) is 4.13. The smallest absolute Gasteiger partial charge is 0.337 e. The van der Waals surface area contributed by atoms with Gasteiger partial charge in [0.2, 0.25) is 0 Å². The lowest BCUT2D eigenvalue weighted by Gasteiger charge is -2.29. The number of rotatable bonds is 2. The number of nitrogens with one attached hydrogen (secondary N) is 1. The van der Waals surface area contributed by atoms with Crippen LogP contribution in [0.25, 0.3) is 0 Å². The molecule has 1 aromatic rings. The number of alkyl halides is 1. The third-order valence-corrected chi connectivity index (χ3v) is 4.13. The molecule has 0 bridgehead atoms. The van der Waals surface area contributed by atoms with Gasteiger partial charge in [-0.15, -0.1) is 0 Å². The molecule has 20 heavy (non-hydrogen) atoms. The second-order valence-corrected chi connectivity index (χ2v) is 5.25. The van der Waals surface area contributed by atoms with E-state index in [0.29, 0.717) is 13.1 Å². The van der Waals surface area contributed by atoms with E-state index in [1.165, 1.54) is 11.0 Å². The normalized spacial score (nSPS) is 29.4. The maximum absolute atomic E-state index is 14.8. The molecule has 1 aromatic carbocycles. The van der Waals surface area contributed by atoms with E-state index in [2.05, 4.69) is 5.32 Å². The van der Waals surface area contributed by atoms with Crippen molar-refractivity contribution in [2.75, 3.05) is 24.5 Å². The standard InChI is InChI=1S/C14H15FN2O3/c15-14-5-6-16-7-9(14)8-17(13(14)20)11-4-2-1-3-10(11)12(18)19/h1-4,9,16H,5-8H2,(H,18,19)/t9-,14+/m1/s1. The van der Waals surface area contributed by atoms with Crippen LogP contribution in [0.2, 0.25) is 0 Å². The van der Waals surface area contributed by atoms with Gasteiger partial charge in [0.1, 0.15) is 0 Å². The Labute approximate surface area is 115 Å². The first-order chi connectivity index (χ1) is 9.54. The Morgan fingerprint density at radius 1 is 1.45 bits per heavy atom. The minimum atomic E-state index is -1.86. The molecule has 2 aliphatic heterocycles. The number of carboxylic acids is 1. The van der Waals surface area contributed by atoms with Gasteiger partial charge < -0.3 is 15.3 Å². The minimum absolute atomic E-state index is 0.0241. The molecule has 0 aromatic heterocycles. The Hall–Kier alpha value is -1.95. The second kappa shape index (κ2) is 4.56. The summed E-state index contributed by atoms with van der Waals surface area (Å²) < 4.78 is 14.8. The molecule has 0 radical (unpaired) electrons. The number of para-hydroxylation sites is 1. The van der Waals surface area contributed by atoms with E-state index in [4.69, 9.17) is 0 Å². The Morgan fingerprint density at radius 3 is 2.90 bits per heavy atom. The van der Waals surface area contributed by atoms with Crippen molar-refractivity contribution in [3.05, 3.63) is 29.8 Å². The van der Waals surface area contributed by atoms with Crippen molar-refractivity contribution >= 4 is 17.6 Å². The SMILES string of the molecule is O=C(O)c1ccccc1N1C[C@H]2CNCC[C@@]2(F)C1=O. The average Bonchev–Trinajstić information content (AvgIpc) is 2.71. The molecule has 0 unspecified atom stereocenters. The number of nitrogens with zero attached hydrogens (tertiary/aromatic N) is 1. The molecule has 6 heteroatoms. The van der Waals surface area contributed by atoms with Gasteiger partial charge in [-0.3, -0.25) is 4.79 Å². The van der Waals surface area contributed by atoms with Gasteiger partial charge in [-0.1, -0.05) is 12.1 Å². The minimum Gasteiger partial charge on any atom is -0.478 e. The molecule has 2 heterocycles. The van der Waals surface area contributed by atoms with Gasteiger partial charge in [0, 0.05) is 25.4 Å². The molecule has 2 aliphatic rings. The summed E-state index contributed by atoms with van der Waals surface area (Å²) in [7, 11) is 0. The number of carbonyl (C=O) groups is 2. The fourth-order valence-electron chi connectivity index (χ4n) is 3.03. The molecule has 1 amide bonds. The van der Waals surface area contributed by atoms with Gasteiger partial charge in [0.25, 0.3) is 5.91 Å². The van der Waals surface area contributed by atoms with E-state index >= 15 is 0 Å². The van der Waals surface area contributed by atoms with E-state index in [1.807, 2.05) is 0 Å². The van der Waals surface area contributed by atoms with Crippen molar-refractivity contribution in [3.63, 3.8) is 0 Å². The van der Waals surface area contributed by atoms with Crippen LogP contribution in [0.15, 0.2) is 24.3 Å². The van der Waals surface area contributed by atoms with Crippen LogP contribution in [-0.4, -0.2) is 42.3 Å². The van der Waals surface area contributed by atoms with Crippen LogP contribution in [0.1, 0.15) is 16.8 Å². The lowest BCUT2D eigenvalue weighted by molar-refractivity contribution is -0.130. The van der Waals surface area contributed by atoms with Crippen LogP contribution in [0, 0.1) is 5.92 Å². The summed E-state index contributed by atoms with van der Waals surface area (Å²) in [5, 5.41) is 12.3. The predicted octanol–water partition coefficient (Wildman–Crippen LogP) is 1.05. The molecule has 2 atom stereocenters. The predicted molar refractivity (Wildman–Crippen MR) is 70.6 cm³/mol. The summed E-state index contributed by atoms with van der Waals surface area (Å²) in [6, 6.07) is 6.22. The lowest BCUT2D eigenvalue weighted by atomic mass is 9.86. The maximum atomic E-state index is 14.8. The Kier molecular flexibility index (Phi) is 2.97. The highest BCUT2D eigenvalue weighted by molar-refractivity contribution is 6.06. The number of hydrogen-bond acceptors (Lipinski definition) is 3. The lowest BCUT2D eigenvalue weighted by Crippen LogP contribution is -2.49. The Balaban J connectivity index is 2.00. The van der Waals surface area contributed by atoms with Crippen molar-refractivity contribution in [1.82, 2.24) is 5.32 Å². The highest BCUT2D eigenvalue weighted by atomic mass is 19.1. The van der Waals surface area contributed by atoms with E-state index in [0.717, 1.165) is 0 Å². The highest BCUT2D eigenvalue weighted by Crippen LogP contribution is 2.40. The quantitative estimate of drug-likeness (QED) is 0.848. The monoisotopic (exact) mass is 278 g/mol. The van der Waals surface area contributed by atoms with E-state index in [9.17, 15) is 19.1 Å². The van der Waals surface area contributed by atoms with Gasteiger partial charge in [-0.05, 0) is 18.7 Å². The van der Waals surface area contributed by atoms with Crippen LogP contribution in [-0.2, 0) is 4.79 Å². The molecule has 0 spiro atoms. The fourth-order valence-corrected chi connectivity index (χ4v) is 3.03. The summed E-state index contributed by atoms with van der Waals surface area (Å²) in [5.41, 5.74) is -1.57. The zero-order valence-corrected chi connectivity index (χ0v) is 10.8. The van der Waals surface area contributed by atoms with Gasteiger partial charge >= 0.3 is 5.97 Å². The van der Waals surface area contributed by atoms with Crippen LogP contribution in [0.5, 0.6) is 0 Å². The van der Waals surface area contributed by atoms with E-state index in [-0.39, 0.29) is 24.2 Å². The number of hydrogen-bond donors (Lipinski definition) is 2. The second-order valence-electron chi connectivity index (χ2n) is 5.25. The number of aromatic carboxylic acids is 1. The number of carbonyl (C=O) groups excluding carboxylic acids is 1. The molecule has 2 fully saturated rings. The largest absolute Gasteiger partial charge is 0.478 e. The summed E-state index contributed by atoms with van der Waals surface area (Å²) in [4.78, 5) is 24.9. The molecule has 2 N–H and O–H groups in total. The first-order valence-electron chi connectivity index (χ1n) is 6.58. The van der Waals surface area contributed by atoms with Crippen LogP contribution in [0.4, 0.5) is 10.1 Å². The molecule has 0 saturated carbocycles. The van der Waals surface area contributed by atoms with E-state index in [1.54, 1.807) is 18.2 Å². The Bertz CT molecular complexity index is 577. The van der Waals surface area contributed by atoms with Crippen LogP contribution < -0.4 is 10.2 Å². The van der Waals surface area contributed by atoms with Gasteiger partial charge in [0.05, 0.1) is 11.3 Å². The number of piperidine rings is 1. The van der Waals surface area contributed by atoms with Gasteiger partial charge in [0.15, 0.2) is 5.67 Å². The molecular formula is C14H15FN2O3. The number of anilines is 1. The Morgan fingerprint density at radius 2 is 2.20 bits per heavy atom. The highest BCUT2D eigenvalue weighted by Gasteiger charge is 2.56. The topological polar surface area (TPSA) is 69.6 Å². The first kappa shape index (κ1) is 13.1. The number of amides is 1. The summed E-state index contributed by atoms with van der Waals surface area (Å²) in [6.45, 7) is 1.12. The molecule has 0 aliphatic carbocycles. The fraction of sp³-hybridized carbons (Fsp3) is 0.429. The summed E-state index contributed by atoms with van der Waals surface area (Å²) in [5.74, 6) is -2.15. The maximum Gasteiger partial charge on any atom is 0.337 e. The first-order valence-corrected chi connectivity index (χ1v) is 6.58. The van der Waals surface area contributed by atoms with Crippen LogP contribution in [0.3, 0.4) is 0 Å². The number of carboxylic acid groups (broad SMARTS) is 1. The zero-order valence-electron chi connectivity index (χ0n) is 10.8. The molecule has 106 valence electrons. The molecular weight excluding hydrogens is 263 g/mol. The summed E-state index contributed by atoms with van der Waals surface area (Å²) >= 11 is 0. The number of halogens is 1. The number of fused-ring (bicyclic) bond motifs is 1. The molecule has 2 saturated heterocycles. The van der Waals surface area contributed by atoms with Crippen molar-refractivity contribution < 1.29 is 19.1 Å². The van der Waals surface area contributed by atoms with Crippen molar-refractivity contribution in [1.29, 1.82) is 0 Å². The van der Waals surface area contributed by atoms with Gasteiger partial charge in [-0.2, -0.15) is 0 Å². The van der Waals surface area contributed by atoms with Crippen LogP contribution >= 0.6 is 0 Å². The van der Waals surface area contributed by atoms with Crippen molar-refractivity contribution in [3.8, 4) is 0 Å². The number of benzene rings is 1. The van der Waals surface area contributed by atoms with Gasteiger partial charge in [-0.25, -0.2) is 9.18 Å². The van der Waals surface area contributed by atoms with Crippen molar-refractivity contribution in [2.24, 2.45) is 5.92 Å². The average molecular weight is 278 g/mol. The zero-order chi connectivity index (χ0) is 14.3. The van der Waals surface area contributed by atoms with Crippen molar-refractivity contribution in [2.45, 2.75) is 12.1 Å². The summed E-state index contributed by atoms with van der Waals surface area (Å²) in [6.07, 6.45) is 0.141.